The summed E-state index contributed by atoms with van der Waals surface area (Å²) < 4.78 is 10.4. The first-order valence-corrected chi connectivity index (χ1v) is 7.46. The van der Waals surface area contributed by atoms with Crippen molar-refractivity contribution in [3.63, 3.8) is 0 Å². The summed E-state index contributed by atoms with van der Waals surface area (Å²) in [6, 6.07) is 6.72. The van der Waals surface area contributed by atoms with Gasteiger partial charge in [-0.15, -0.1) is 0 Å². The van der Waals surface area contributed by atoms with Gasteiger partial charge in [0, 0.05) is 12.8 Å². The molecular weight excluding hydrogens is 284 g/mol. The van der Waals surface area contributed by atoms with Crippen molar-refractivity contribution < 1.29 is 19.1 Å². The maximum absolute atomic E-state index is 12.5. The third-order valence-electron chi connectivity index (χ3n) is 3.85. The molecule has 0 saturated carbocycles. The molecule has 22 heavy (non-hydrogen) atoms. The number of esters is 1. The van der Waals surface area contributed by atoms with Crippen LogP contribution in [0.4, 0.5) is 5.69 Å². The van der Waals surface area contributed by atoms with Crippen LogP contribution in [0, 0.1) is 0 Å². The molecule has 0 unspecified atom stereocenters. The summed E-state index contributed by atoms with van der Waals surface area (Å²) in [6.07, 6.45) is 1.24. The third-order valence-corrected chi connectivity index (χ3v) is 3.85. The lowest BCUT2D eigenvalue weighted by Gasteiger charge is -2.34. The van der Waals surface area contributed by atoms with Gasteiger partial charge in [0.25, 0.3) is 5.91 Å². The Morgan fingerprint density at radius 3 is 2.68 bits per heavy atom. The monoisotopic (exact) mass is 306 g/mol. The van der Waals surface area contributed by atoms with E-state index in [9.17, 15) is 9.59 Å². The van der Waals surface area contributed by atoms with Gasteiger partial charge < -0.3 is 20.1 Å². The van der Waals surface area contributed by atoms with E-state index in [4.69, 9.17) is 9.47 Å². The molecule has 2 N–H and O–H groups in total. The molecule has 6 heteroatoms. The number of benzene rings is 1. The summed E-state index contributed by atoms with van der Waals surface area (Å²) >= 11 is 0. The molecule has 1 aliphatic rings. The van der Waals surface area contributed by atoms with E-state index >= 15 is 0 Å². The van der Waals surface area contributed by atoms with Gasteiger partial charge in [0.1, 0.15) is 5.60 Å². The molecule has 0 aromatic heterocycles. The van der Waals surface area contributed by atoms with Crippen molar-refractivity contribution in [1.82, 2.24) is 5.32 Å². The van der Waals surface area contributed by atoms with Crippen LogP contribution in [0.3, 0.4) is 0 Å². The van der Waals surface area contributed by atoms with Gasteiger partial charge in [0.15, 0.2) is 0 Å². The summed E-state index contributed by atoms with van der Waals surface area (Å²) in [5.41, 5.74) is 0.160. The second-order valence-corrected chi connectivity index (χ2v) is 5.20. The minimum Gasteiger partial charge on any atom is -0.462 e. The van der Waals surface area contributed by atoms with Gasteiger partial charge in [-0.25, -0.2) is 4.79 Å². The lowest BCUT2D eigenvalue weighted by molar-refractivity contribution is -0.140. The highest BCUT2D eigenvalue weighted by molar-refractivity contribution is 5.99. The lowest BCUT2D eigenvalue weighted by atomic mass is 9.91. The number of methoxy groups -OCH3 is 1. The molecular formula is C16H22N2O4. The number of ether oxygens (including phenoxy) is 2. The van der Waals surface area contributed by atoms with Crippen LogP contribution in [0.25, 0.3) is 0 Å². The van der Waals surface area contributed by atoms with Gasteiger partial charge in [0.05, 0.1) is 12.2 Å². The van der Waals surface area contributed by atoms with Gasteiger partial charge in [-0.3, -0.25) is 4.79 Å². The van der Waals surface area contributed by atoms with E-state index in [1.807, 2.05) is 0 Å². The lowest BCUT2D eigenvalue weighted by Crippen LogP contribution is -2.51. The Morgan fingerprint density at radius 2 is 2.05 bits per heavy atom. The van der Waals surface area contributed by atoms with E-state index in [1.165, 1.54) is 0 Å². The molecule has 1 aromatic rings. The number of piperidine rings is 1. The number of hydrogen-bond acceptors (Lipinski definition) is 5. The molecule has 0 radical (unpaired) electrons. The highest BCUT2D eigenvalue weighted by Crippen LogP contribution is 2.24. The Kier molecular flexibility index (Phi) is 5.51. The number of amides is 1. The van der Waals surface area contributed by atoms with Crippen LogP contribution in [-0.4, -0.2) is 44.3 Å². The summed E-state index contributed by atoms with van der Waals surface area (Å²) in [7, 11) is 1.56. The Labute approximate surface area is 130 Å². The largest absolute Gasteiger partial charge is 0.462 e. The number of anilines is 1. The van der Waals surface area contributed by atoms with Crippen molar-refractivity contribution in [1.29, 1.82) is 0 Å². The molecule has 0 aliphatic carbocycles. The van der Waals surface area contributed by atoms with E-state index in [1.54, 1.807) is 38.3 Å². The number of hydrogen-bond donors (Lipinski definition) is 2. The molecule has 1 aliphatic heterocycles. The van der Waals surface area contributed by atoms with Crippen LogP contribution in [0.1, 0.15) is 30.1 Å². The zero-order chi connectivity index (χ0) is 16.0. The Bertz CT molecular complexity index is 539. The summed E-state index contributed by atoms with van der Waals surface area (Å²) in [4.78, 5) is 24.3. The van der Waals surface area contributed by atoms with Crippen molar-refractivity contribution in [3.8, 4) is 0 Å². The van der Waals surface area contributed by atoms with E-state index < -0.39 is 11.6 Å². The maximum atomic E-state index is 12.5. The number of carbonyl (C=O) groups is 2. The zero-order valence-electron chi connectivity index (χ0n) is 13.0. The predicted molar refractivity (Wildman–Crippen MR) is 82.9 cm³/mol. The second-order valence-electron chi connectivity index (χ2n) is 5.20. The molecule has 1 aromatic carbocycles. The fourth-order valence-corrected chi connectivity index (χ4v) is 2.54. The molecule has 1 heterocycles. The molecule has 2 rings (SSSR count). The Morgan fingerprint density at radius 1 is 1.32 bits per heavy atom. The van der Waals surface area contributed by atoms with Crippen molar-refractivity contribution in [2.24, 2.45) is 0 Å². The minimum absolute atomic E-state index is 0.183. The van der Waals surface area contributed by atoms with Crippen LogP contribution in [0.15, 0.2) is 24.3 Å². The normalized spacial score (nSPS) is 16.8. The van der Waals surface area contributed by atoms with Crippen molar-refractivity contribution in [3.05, 3.63) is 29.8 Å². The van der Waals surface area contributed by atoms with Crippen LogP contribution in [-0.2, 0) is 14.3 Å². The topological polar surface area (TPSA) is 76.7 Å². The van der Waals surface area contributed by atoms with Crippen LogP contribution in [0.5, 0.6) is 0 Å². The number of carbonyl (C=O) groups excluding carboxylic acids is 2. The van der Waals surface area contributed by atoms with Crippen molar-refractivity contribution in [2.75, 3.05) is 32.1 Å². The van der Waals surface area contributed by atoms with Crippen molar-refractivity contribution in [2.45, 2.75) is 25.4 Å². The first-order valence-electron chi connectivity index (χ1n) is 7.46. The quantitative estimate of drug-likeness (QED) is 0.808. The Hall–Kier alpha value is -1.92. The highest BCUT2D eigenvalue weighted by Gasteiger charge is 2.39. The van der Waals surface area contributed by atoms with E-state index in [2.05, 4.69) is 10.6 Å². The summed E-state index contributed by atoms with van der Waals surface area (Å²) in [5.74, 6) is -0.584. The first-order chi connectivity index (χ1) is 10.6. The van der Waals surface area contributed by atoms with Crippen LogP contribution >= 0.6 is 0 Å². The van der Waals surface area contributed by atoms with Gasteiger partial charge >= 0.3 is 5.97 Å². The van der Waals surface area contributed by atoms with Gasteiger partial charge in [0.2, 0.25) is 0 Å². The second kappa shape index (κ2) is 7.38. The summed E-state index contributed by atoms with van der Waals surface area (Å²) in [6.45, 7) is 3.55. The fourth-order valence-electron chi connectivity index (χ4n) is 2.54. The predicted octanol–water partition coefficient (Wildman–Crippen LogP) is 1.57. The zero-order valence-corrected chi connectivity index (χ0v) is 13.0. The first kappa shape index (κ1) is 16.5. The fraction of sp³-hybridized carbons (Fsp3) is 0.500. The van der Waals surface area contributed by atoms with Crippen molar-refractivity contribution >= 4 is 17.6 Å². The molecule has 0 spiro atoms. The molecule has 0 bridgehead atoms. The van der Waals surface area contributed by atoms with Crippen LogP contribution < -0.4 is 10.6 Å². The molecule has 1 amide bonds. The Balaban J connectivity index is 2.11. The minimum atomic E-state index is -0.814. The van der Waals surface area contributed by atoms with Crippen LogP contribution in [0.2, 0.25) is 0 Å². The molecule has 1 fully saturated rings. The van der Waals surface area contributed by atoms with E-state index in [-0.39, 0.29) is 5.91 Å². The maximum Gasteiger partial charge on any atom is 0.338 e. The summed E-state index contributed by atoms with van der Waals surface area (Å²) in [5, 5.41) is 6.05. The highest BCUT2D eigenvalue weighted by atomic mass is 16.5. The third kappa shape index (κ3) is 3.64. The molecule has 120 valence electrons. The number of rotatable bonds is 5. The molecule has 1 saturated heterocycles. The van der Waals surface area contributed by atoms with Gasteiger partial charge in [-0.05, 0) is 51.1 Å². The standard InChI is InChI=1S/C16H22N2O4/c1-3-22-14(19)12-5-4-6-13(11-12)18-15(20)16(21-2)7-9-17-10-8-16/h4-6,11,17H,3,7-10H2,1-2H3,(H,18,20). The average Bonchev–Trinajstić information content (AvgIpc) is 2.56. The SMILES string of the molecule is CCOC(=O)c1cccc(NC(=O)C2(OC)CCNCC2)c1. The average molecular weight is 306 g/mol. The van der Waals surface area contributed by atoms with Gasteiger partial charge in [-0.2, -0.15) is 0 Å². The molecule has 0 atom stereocenters. The smallest absolute Gasteiger partial charge is 0.338 e. The van der Waals surface area contributed by atoms with E-state index in [0.717, 1.165) is 13.1 Å². The molecule has 6 nitrogen and oxygen atoms in total. The van der Waals surface area contributed by atoms with E-state index in [0.29, 0.717) is 30.7 Å². The number of nitrogens with one attached hydrogen (secondary N) is 2. The van der Waals surface area contributed by atoms with Gasteiger partial charge in [-0.1, -0.05) is 6.07 Å².